The van der Waals surface area contributed by atoms with Gasteiger partial charge in [-0.2, -0.15) is 13.2 Å². The van der Waals surface area contributed by atoms with Gasteiger partial charge in [0.15, 0.2) is 9.84 Å². The second-order valence-corrected chi connectivity index (χ2v) is 10.2. The van der Waals surface area contributed by atoms with Crippen LogP contribution in [0.1, 0.15) is 30.9 Å². The van der Waals surface area contributed by atoms with Crippen LogP contribution < -0.4 is 0 Å². The van der Waals surface area contributed by atoms with Gasteiger partial charge in [-0.25, -0.2) is 13.2 Å². The summed E-state index contributed by atoms with van der Waals surface area (Å²) in [6.45, 7) is 6.40. The van der Waals surface area contributed by atoms with E-state index >= 15 is 0 Å². The highest BCUT2D eigenvalue weighted by Crippen LogP contribution is 2.28. The Kier molecular flexibility index (Phi) is 8.09. The minimum Gasteiger partial charge on any atom is -0.475 e. The van der Waals surface area contributed by atoms with Crippen LogP contribution in [0.15, 0.2) is 24.3 Å². The van der Waals surface area contributed by atoms with Gasteiger partial charge >= 0.3 is 12.1 Å². The molecule has 31 heavy (non-hydrogen) atoms. The summed E-state index contributed by atoms with van der Waals surface area (Å²) in [6, 6.07) is 8.27. The maximum atomic E-state index is 12.5. The number of aliphatic carboxylic acids is 1. The normalized spacial score (nSPS) is 23.7. The van der Waals surface area contributed by atoms with Crippen molar-refractivity contribution in [1.29, 1.82) is 0 Å². The Morgan fingerprint density at radius 1 is 1.16 bits per heavy atom. The van der Waals surface area contributed by atoms with Crippen LogP contribution in [0.3, 0.4) is 0 Å². The van der Waals surface area contributed by atoms with Gasteiger partial charge < -0.3 is 10.0 Å². The van der Waals surface area contributed by atoms with Crippen molar-refractivity contribution in [2.75, 3.05) is 25.4 Å². The Balaban J connectivity index is 0.000000423. The summed E-state index contributed by atoms with van der Waals surface area (Å²) in [5, 5.41) is 6.72. The van der Waals surface area contributed by atoms with Crippen molar-refractivity contribution in [3.63, 3.8) is 0 Å². The molecule has 0 saturated carbocycles. The fraction of sp³-hybridized carbons (Fsp3) is 0.600. The fourth-order valence-corrected chi connectivity index (χ4v) is 6.03. The summed E-state index contributed by atoms with van der Waals surface area (Å²) in [5.74, 6) is -2.66. The Labute approximate surface area is 179 Å². The molecule has 3 rings (SSSR count). The fourth-order valence-electron chi connectivity index (χ4n) is 4.05. The summed E-state index contributed by atoms with van der Waals surface area (Å²) >= 11 is 0. The highest BCUT2D eigenvalue weighted by atomic mass is 32.2. The van der Waals surface area contributed by atoms with Crippen LogP contribution in [-0.2, 0) is 26.0 Å². The first-order valence-electron chi connectivity index (χ1n) is 9.88. The molecule has 1 aromatic carbocycles. The van der Waals surface area contributed by atoms with E-state index in [9.17, 15) is 26.4 Å². The molecule has 2 atom stereocenters. The average molecular weight is 465 g/mol. The van der Waals surface area contributed by atoms with E-state index < -0.39 is 27.2 Å². The summed E-state index contributed by atoms with van der Waals surface area (Å²) in [5.41, 5.74) is 2.49. The van der Waals surface area contributed by atoms with Crippen molar-refractivity contribution in [3.05, 3.63) is 35.4 Å². The van der Waals surface area contributed by atoms with Crippen molar-refractivity contribution in [3.8, 4) is 0 Å². The topological polar surface area (TPSA) is 95.0 Å². The van der Waals surface area contributed by atoms with Gasteiger partial charge in [0.25, 0.3) is 0 Å². The van der Waals surface area contributed by atoms with E-state index in [0.717, 1.165) is 26.1 Å². The second kappa shape index (κ2) is 9.99. The molecule has 2 fully saturated rings. The van der Waals surface area contributed by atoms with Gasteiger partial charge in [-0.1, -0.05) is 29.8 Å². The van der Waals surface area contributed by atoms with Crippen LogP contribution in [0.4, 0.5) is 13.2 Å². The Morgan fingerprint density at radius 2 is 1.77 bits per heavy atom. The minimum absolute atomic E-state index is 0.00738. The minimum atomic E-state index is -5.08. The van der Waals surface area contributed by atoms with Crippen molar-refractivity contribution < 1.29 is 36.3 Å². The average Bonchev–Trinajstić information content (AvgIpc) is 2.85. The van der Waals surface area contributed by atoms with Crippen LogP contribution in [0.25, 0.3) is 0 Å². The van der Waals surface area contributed by atoms with Gasteiger partial charge in [0, 0.05) is 32.6 Å². The Bertz CT molecular complexity index is 904. The number of hydrogen-bond acceptors (Lipinski definition) is 5. The molecule has 1 aromatic rings. The quantitative estimate of drug-likeness (QED) is 0.722. The number of benzene rings is 1. The first kappa shape index (κ1) is 25.1. The first-order chi connectivity index (χ1) is 14.3. The number of alkyl halides is 3. The number of carbonyl (C=O) groups excluding carboxylic acids is 1. The van der Waals surface area contributed by atoms with Gasteiger partial charge in [-0.05, 0) is 31.9 Å². The summed E-state index contributed by atoms with van der Waals surface area (Å²) < 4.78 is 56.7. The molecule has 11 heteroatoms. The molecule has 0 bridgehead atoms. The maximum absolute atomic E-state index is 12.5. The highest BCUT2D eigenvalue weighted by Gasteiger charge is 2.43. The monoisotopic (exact) mass is 464 g/mol. The van der Waals surface area contributed by atoms with E-state index in [1.807, 2.05) is 0 Å². The lowest BCUT2D eigenvalue weighted by molar-refractivity contribution is -0.192. The van der Waals surface area contributed by atoms with Gasteiger partial charge in [0.05, 0.1) is 11.0 Å². The smallest absolute Gasteiger partial charge is 0.475 e. The number of fused-ring (bicyclic) bond motifs is 1. The van der Waals surface area contributed by atoms with Crippen LogP contribution in [0.5, 0.6) is 0 Å². The zero-order valence-corrected chi connectivity index (χ0v) is 18.2. The van der Waals surface area contributed by atoms with Gasteiger partial charge in [0.1, 0.15) is 0 Å². The van der Waals surface area contributed by atoms with Crippen LogP contribution in [0, 0.1) is 6.92 Å². The van der Waals surface area contributed by atoms with Crippen LogP contribution in [-0.4, -0.2) is 78.1 Å². The number of rotatable bonds is 2. The highest BCUT2D eigenvalue weighted by molar-refractivity contribution is 7.92. The van der Waals surface area contributed by atoms with Crippen LogP contribution in [0.2, 0.25) is 0 Å². The Hall–Kier alpha value is -2.14. The van der Waals surface area contributed by atoms with Crippen molar-refractivity contribution in [2.45, 2.75) is 50.7 Å². The van der Waals surface area contributed by atoms with Crippen molar-refractivity contribution >= 4 is 21.7 Å². The molecule has 0 spiro atoms. The second-order valence-electron chi connectivity index (χ2n) is 7.83. The van der Waals surface area contributed by atoms with Crippen LogP contribution >= 0.6 is 0 Å². The van der Waals surface area contributed by atoms with E-state index in [-0.39, 0.29) is 17.7 Å². The molecule has 0 unspecified atom stereocenters. The number of sulfone groups is 1. The predicted molar refractivity (Wildman–Crippen MR) is 108 cm³/mol. The van der Waals surface area contributed by atoms with E-state index in [1.165, 1.54) is 11.1 Å². The number of likely N-dealkylation sites (tertiary alicyclic amines) is 1. The molecule has 0 aromatic heterocycles. The first-order valence-corrected chi connectivity index (χ1v) is 11.6. The number of aryl methyl sites for hydroxylation is 1. The molecular formula is C20H27F3N2O5S. The van der Waals surface area contributed by atoms with E-state index in [2.05, 4.69) is 36.1 Å². The van der Waals surface area contributed by atoms with E-state index in [0.29, 0.717) is 13.0 Å². The number of carboxylic acids is 1. The molecule has 0 radical (unpaired) electrons. The molecular weight excluding hydrogens is 437 g/mol. The SMILES string of the molecule is CC(=O)N1CCS(=O)(=O)[C@@H]2CCN(Cc3cccc(C)c3)CC[C@@H]21.O=C(O)C(F)(F)F. The summed E-state index contributed by atoms with van der Waals surface area (Å²) in [6.07, 6.45) is -3.74. The molecule has 2 aliphatic heterocycles. The molecule has 2 heterocycles. The summed E-state index contributed by atoms with van der Waals surface area (Å²) in [7, 11) is -3.10. The molecule has 7 nitrogen and oxygen atoms in total. The van der Waals surface area contributed by atoms with E-state index in [4.69, 9.17) is 9.90 Å². The number of hydrogen-bond donors (Lipinski definition) is 1. The van der Waals surface area contributed by atoms with Crippen molar-refractivity contribution in [2.24, 2.45) is 0 Å². The Morgan fingerprint density at radius 3 is 2.32 bits per heavy atom. The van der Waals surface area contributed by atoms with E-state index in [1.54, 1.807) is 11.8 Å². The third-order valence-electron chi connectivity index (χ3n) is 5.51. The lowest BCUT2D eigenvalue weighted by atomic mass is 10.1. The van der Waals surface area contributed by atoms with Gasteiger partial charge in [-0.15, -0.1) is 0 Å². The lowest BCUT2D eigenvalue weighted by Crippen LogP contribution is -2.56. The van der Waals surface area contributed by atoms with Gasteiger partial charge in [-0.3, -0.25) is 9.69 Å². The standard InChI is InChI=1S/C18H26N2O3S.C2HF3O2/c1-14-4-3-5-16(12-14)13-19-8-6-17-18(7-9-19)24(22,23)11-10-20(17)15(2)21;3-2(4,5)1(6)7/h3-5,12,17-18H,6-11,13H2,1-2H3;(H,6,7)/t17-,18+;/m0./s1. The third kappa shape index (κ3) is 6.93. The summed E-state index contributed by atoms with van der Waals surface area (Å²) in [4.78, 5) is 24.9. The van der Waals surface area contributed by atoms with Crippen molar-refractivity contribution in [1.82, 2.24) is 9.80 Å². The lowest BCUT2D eigenvalue weighted by Gasteiger charge is -2.39. The zero-order chi connectivity index (χ0) is 23.4. The molecule has 0 aliphatic carbocycles. The number of carboxylic acid groups (broad SMARTS) is 1. The third-order valence-corrected chi connectivity index (χ3v) is 7.74. The largest absolute Gasteiger partial charge is 0.490 e. The number of carbonyl (C=O) groups is 2. The van der Waals surface area contributed by atoms with Gasteiger partial charge in [0.2, 0.25) is 5.91 Å². The molecule has 2 aliphatic rings. The number of nitrogens with zero attached hydrogens (tertiary/aromatic N) is 2. The number of amides is 1. The predicted octanol–water partition coefficient (Wildman–Crippen LogP) is 2.24. The molecule has 1 N–H and O–H groups in total. The molecule has 2 saturated heterocycles. The molecule has 174 valence electrons. The zero-order valence-electron chi connectivity index (χ0n) is 17.4. The maximum Gasteiger partial charge on any atom is 0.490 e. The number of halogens is 3. The molecule has 1 amide bonds.